The van der Waals surface area contributed by atoms with Gasteiger partial charge in [0.2, 0.25) is 0 Å². The molecule has 3 heteroatoms. The molecule has 0 unspecified atom stereocenters. The largest absolute Gasteiger partial charge is 0.371 e. The van der Waals surface area contributed by atoms with Gasteiger partial charge in [-0.25, -0.2) is 4.39 Å². The minimum absolute atomic E-state index is 0.195. The number of nitrogens with zero attached hydrogens (tertiary/aromatic N) is 1. The molecule has 0 N–H and O–H groups in total. The fourth-order valence-corrected chi connectivity index (χ4v) is 1.62. The molecule has 0 radical (unpaired) electrons. The minimum atomic E-state index is -0.195. The summed E-state index contributed by atoms with van der Waals surface area (Å²) in [6, 6.07) is 5.14. The van der Waals surface area contributed by atoms with Crippen LogP contribution in [0.4, 0.5) is 10.1 Å². The standard InChI is InChI=1S/C9H9BrFN/c10-8-6-7(2-3-9(8)11)12-4-1-5-12/h2-3,6H,1,4-5H2. The van der Waals surface area contributed by atoms with Crippen molar-refractivity contribution in [2.75, 3.05) is 18.0 Å². The van der Waals surface area contributed by atoms with E-state index in [0.717, 1.165) is 18.8 Å². The molecule has 1 nitrogen and oxygen atoms in total. The molecule has 1 fully saturated rings. The van der Waals surface area contributed by atoms with Crippen molar-refractivity contribution >= 4 is 21.6 Å². The van der Waals surface area contributed by atoms with Crippen LogP contribution in [0.3, 0.4) is 0 Å². The first-order valence-corrected chi connectivity index (χ1v) is 4.77. The Hall–Kier alpha value is -0.570. The van der Waals surface area contributed by atoms with Gasteiger partial charge in [0.25, 0.3) is 0 Å². The van der Waals surface area contributed by atoms with Gasteiger partial charge in [-0.3, -0.25) is 0 Å². The Morgan fingerprint density at radius 2 is 2.08 bits per heavy atom. The van der Waals surface area contributed by atoms with Crippen LogP contribution < -0.4 is 4.90 Å². The number of halogens is 2. The van der Waals surface area contributed by atoms with Gasteiger partial charge >= 0.3 is 0 Å². The number of rotatable bonds is 1. The van der Waals surface area contributed by atoms with Crippen LogP contribution in [-0.2, 0) is 0 Å². The van der Waals surface area contributed by atoms with Gasteiger partial charge in [0.05, 0.1) is 4.47 Å². The zero-order valence-electron chi connectivity index (χ0n) is 6.56. The molecule has 64 valence electrons. The van der Waals surface area contributed by atoms with Gasteiger partial charge in [-0.2, -0.15) is 0 Å². The fraction of sp³-hybridized carbons (Fsp3) is 0.333. The molecule has 1 heterocycles. The second-order valence-corrected chi connectivity index (χ2v) is 3.79. The molecule has 1 aromatic carbocycles. The van der Waals surface area contributed by atoms with E-state index in [0.29, 0.717) is 4.47 Å². The number of hydrogen-bond donors (Lipinski definition) is 0. The smallest absolute Gasteiger partial charge is 0.137 e. The predicted octanol–water partition coefficient (Wildman–Crippen LogP) is 2.80. The molecule has 2 rings (SSSR count). The summed E-state index contributed by atoms with van der Waals surface area (Å²) in [5.74, 6) is -0.195. The second kappa shape index (κ2) is 3.05. The topological polar surface area (TPSA) is 3.24 Å². The first-order chi connectivity index (χ1) is 5.77. The highest BCUT2D eigenvalue weighted by Crippen LogP contribution is 2.25. The molecular formula is C9H9BrFN. The van der Waals surface area contributed by atoms with Gasteiger partial charge in [-0.15, -0.1) is 0 Å². The van der Waals surface area contributed by atoms with Crippen LogP contribution in [-0.4, -0.2) is 13.1 Å². The molecule has 1 aliphatic rings. The van der Waals surface area contributed by atoms with E-state index in [-0.39, 0.29) is 5.82 Å². The summed E-state index contributed by atoms with van der Waals surface area (Å²) in [4.78, 5) is 2.23. The third-order valence-electron chi connectivity index (χ3n) is 2.12. The highest BCUT2D eigenvalue weighted by molar-refractivity contribution is 9.10. The second-order valence-electron chi connectivity index (χ2n) is 2.94. The molecule has 0 spiro atoms. The molecular weight excluding hydrogens is 221 g/mol. The van der Waals surface area contributed by atoms with Crippen LogP contribution in [0, 0.1) is 5.82 Å². The zero-order chi connectivity index (χ0) is 8.55. The molecule has 0 saturated carbocycles. The van der Waals surface area contributed by atoms with Gasteiger partial charge in [0.1, 0.15) is 5.82 Å². The van der Waals surface area contributed by atoms with Gasteiger partial charge in [0.15, 0.2) is 0 Å². The maximum atomic E-state index is 12.8. The molecule has 0 bridgehead atoms. The van der Waals surface area contributed by atoms with Crippen molar-refractivity contribution in [3.63, 3.8) is 0 Å². The molecule has 12 heavy (non-hydrogen) atoms. The Labute approximate surface area is 79.3 Å². The van der Waals surface area contributed by atoms with Crippen molar-refractivity contribution in [2.45, 2.75) is 6.42 Å². The van der Waals surface area contributed by atoms with Crippen LogP contribution in [0.2, 0.25) is 0 Å². The Kier molecular flexibility index (Phi) is 2.05. The highest BCUT2D eigenvalue weighted by atomic mass is 79.9. The van der Waals surface area contributed by atoms with Gasteiger partial charge in [-0.05, 0) is 40.5 Å². The number of hydrogen-bond acceptors (Lipinski definition) is 1. The lowest BCUT2D eigenvalue weighted by molar-refractivity contribution is 0.607. The molecule has 0 atom stereocenters. The van der Waals surface area contributed by atoms with Crippen molar-refractivity contribution in [1.29, 1.82) is 0 Å². The summed E-state index contributed by atoms with van der Waals surface area (Å²) in [5, 5.41) is 0. The maximum Gasteiger partial charge on any atom is 0.137 e. The molecule has 0 amide bonds. The monoisotopic (exact) mass is 229 g/mol. The molecule has 1 aromatic rings. The van der Waals surface area contributed by atoms with E-state index >= 15 is 0 Å². The summed E-state index contributed by atoms with van der Waals surface area (Å²) >= 11 is 3.17. The molecule has 1 saturated heterocycles. The Morgan fingerprint density at radius 3 is 2.58 bits per heavy atom. The quantitative estimate of drug-likeness (QED) is 0.716. The van der Waals surface area contributed by atoms with Crippen LogP contribution in [0.1, 0.15) is 6.42 Å². The summed E-state index contributed by atoms with van der Waals surface area (Å²) in [7, 11) is 0. The normalized spacial score (nSPS) is 16.0. The van der Waals surface area contributed by atoms with Gasteiger partial charge in [-0.1, -0.05) is 0 Å². The van der Waals surface area contributed by atoms with Crippen molar-refractivity contribution in [3.8, 4) is 0 Å². The zero-order valence-corrected chi connectivity index (χ0v) is 8.14. The van der Waals surface area contributed by atoms with Crippen molar-refractivity contribution in [3.05, 3.63) is 28.5 Å². The van der Waals surface area contributed by atoms with E-state index < -0.39 is 0 Å². The van der Waals surface area contributed by atoms with E-state index in [9.17, 15) is 4.39 Å². The fourth-order valence-electron chi connectivity index (χ4n) is 1.26. The van der Waals surface area contributed by atoms with E-state index in [2.05, 4.69) is 20.8 Å². The molecule has 0 aliphatic carbocycles. The SMILES string of the molecule is Fc1ccc(N2CCC2)cc1Br. The van der Waals surface area contributed by atoms with Crippen LogP contribution >= 0.6 is 15.9 Å². The van der Waals surface area contributed by atoms with E-state index in [1.807, 2.05) is 12.1 Å². The van der Waals surface area contributed by atoms with E-state index in [1.165, 1.54) is 12.5 Å². The van der Waals surface area contributed by atoms with Crippen molar-refractivity contribution < 1.29 is 4.39 Å². The summed E-state index contributed by atoms with van der Waals surface area (Å²) < 4.78 is 13.4. The Morgan fingerprint density at radius 1 is 1.33 bits per heavy atom. The predicted molar refractivity (Wildman–Crippen MR) is 50.9 cm³/mol. The first-order valence-electron chi connectivity index (χ1n) is 3.97. The average Bonchev–Trinajstić information content (AvgIpc) is 1.93. The lowest BCUT2D eigenvalue weighted by atomic mass is 10.2. The minimum Gasteiger partial charge on any atom is -0.371 e. The lowest BCUT2D eigenvalue weighted by Gasteiger charge is -2.33. The van der Waals surface area contributed by atoms with Gasteiger partial charge < -0.3 is 4.90 Å². The first kappa shape index (κ1) is 8.05. The van der Waals surface area contributed by atoms with Crippen LogP contribution in [0.15, 0.2) is 22.7 Å². The number of anilines is 1. The molecule has 1 aliphatic heterocycles. The van der Waals surface area contributed by atoms with Crippen molar-refractivity contribution in [1.82, 2.24) is 0 Å². The van der Waals surface area contributed by atoms with Crippen molar-refractivity contribution in [2.24, 2.45) is 0 Å². The summed E-state index contributed by atoms with van der Waals surface area (Å²) in [6.07, 6.45) is 1.25. The maximum absolute atomic E-state index is 12.8. The third-order valence-corrected chi connectivity index (χ3v) is 2.73. The number of benzene rings is 1. The summed E-state index contributed by atoms with van der Waals surface area (Å²) in [5.41, 5.74) is 1.11. The van der Waals surface area contributed by atoms with Crippen LogP contribution in [0.5, 0.6) is 0 Å². The lowest BCUT2D eigenvalue weighted by Crippen LogP contribution is -2.36. The average molecular weight is 230 g/mol. The Balaban J connectivity index is 2.27. The highest BCUT2D eigenvalue weighted by Gasteiger charge is 2.14. The summed E-state index contributed by atoms with van der Waals surface area (Å²) in [6.45, 7) is 2.19. The van der Waals surface area contributed by atoms with Gasteiger partial charge in [0, 0.05) is 18.8 Å². The Bertz CT molecular complexity index is 297. The van der Waals surface area contributed by atoms with E-state index in [4.69, 9.17) is 0 Å². The van der Waals surface area contributed by atoms with Crippen LogP contribution in [0.25, 0.3) is 0 Å². The third kappa shape index (κ3) is 1.33. The molecule has 0 aromatic heterocycles. The van der Waals surface area contributed by atoms with E-state index in [1.54, 1.807) is 0 Å².